The number of likely N-dealkylation sites (tertiary alicyclic amines) is 1. The maximum absolute atomic E-state index is 13.4. The summed E-state index contributed by atoms with van der Waals surface area (Å²) in [7, 11) is 1.65. The number of rotatable bonds is 11. The number of quaternary nitrogens is 1. The number of nitrogens with zero attached hydrogens (tertiary/aromatic N) is 2. The lowest BCUT2D eigenvalue weighted by Gasteiger charge is -2.41. The van der Waals surface area contributed by atoms with Gasteiger partial charge < -0.3 is 36.5 Å². The smallest absolute Gasteiger partial charge is 0.477 e. The predicted octanol–water partition coefficient (Wildman–Crippen LogP) is 1.36. The molecule has 4 atom stereocenters. The van der Waals surface area contributed by atoms with Crippen molar-refractivity contribution >= 4 is 35.6 Å². The fraction of sp³-hybridized carbons (Fsp3) is 0.583. The number of hydrogen-bond acceptors (Lipinski definition) is 8. The molecule has 0 aromatic carbocycles. The summed E-state index contributed by atoms with van der Waals surface area (Å²) in [6.45, 7) is 0.458. The number of hydrogen-bond donors (Lipinski definition) is 6. The molecular formula is C24H33F6N4O10+. The van der Waals surface area contributed by atoms with Crippen LogP contribution < -0.4 is 11.5 Å². The van der Waals surface area contributed by atoms with Crippen LogP contribution in [0.2, 0.25) is 0 Å². The third-order valence-electron chi connectivity index (χ3n) is 6.48. The van der Waals surface area contributed by atoms with Crippen LogP contribution in [0.3, 0.4) is 0 Å². The van der Waals surface area contributed by atoms with Crippen LogP contribution in [-0.4, -0.2) is 109 Å². The van der Waals surface area contributed by atoms with E-state index in [2.05, 4.69) is 0 Å². The van der Waals surface area contributed by atoms with Crippen LogP contribution in [0.4, 0.5) is 26.3 Å². The number of unbranched alkanes of at least 4 members (excludes halogenated alkanes) is 1. The molecule has 250 valence electrons. The predicted molar refractivity (Wildman–Crippen MR) is 135 cm³/mol. The van der Waals surface area contributed by atoms with Gasteiger partial charge in [0, 0.05) is 26.1 Å². The molecule has 1 aliphatic heterocycles. The number of aromatic nitrogens is 1. The van der Waals surface area contributed by atoms with Gasteiger partial charge in [-0.25, -0.2) is 28.5 Å². The number of halogens is 6. The van der Waals surface area contributed by atoms with Crippen molar-refractivity contribution in [1.29, 1.82) is 0 Å². The Bertz CT molecular complexity index is 1160. The second-order valence-corrected chi connectivity index (χ2v) is 9.47. The number of amides is 1. The lowest BCUT2D eigenvalue weighted by Crippen LogP contribution is -2.70. The maximum Gasteiger partial charge on any atom is 0.490 e. The molecular weight excluding hydrogens is 618 g/mol. The van der Waals surface area contributed by atoms with Gasteiger partial charge in [-0.15, -0.1) is 0 Å². The van der Waals surface area contributed by atoms with Crippen LogP contribution in [0.5, 0.6) is 0 Å². The summed E-state index contributed by atoms with van der Waals surface area (Å²) >= 11 is 0. The van der Waals surface area contributed by atoms with E-state index < -0.39 is 76.9 Å². The van der Waals surface area contributed by atoms with E-state index in [4.69, 9.17) is 31.3 Å². The normalized spacial score (nSPS) is 19.3. The van der Waals surface area contributed by atoms with Crippen molar-refractivity contribution in [3.63, 3.8) is 0 Å². The van der Waals surface area contributed by atoms with Crippen molar-refractivity contribution in [3.8, 4) is 0 Å². The average molecular weight is 652 g/mol. The molecule has 1 saturated heterocycles. The molecule has 8 N–H and O–H groups in total. The van der Waals surface area contributed by atoms with Crippen LogP contribution in [0.15, 0.2) is 18.3 Å². The molecule has 1 amide bonds. The summed E-state index contributed by atoms with van der Waals surface area (Å²) in [5.41, 5.74) is 11.9. The highest BCUT2D eigenvalue weighted by molar-refractivity contribution is 5.98. The van der Waals surface area contributed by atoms with Gasteiger partial charge in [0.25, 0.3) is 0 Å². The van der Waals surface area contributed by atoms with E-state index in [1.165, 1.54) is 0 Å². The van der Waals surface area contributed by atoms with Gasteiger partial charge in [0.1, 0.15) is 6.04 Å². The molecule has 1 aliphatic rings. The zero-order valence-corrected chi connectivity index (χ0v) is 23.2. The third-order valence-corrected chi connectivity index (χ3v) is 6.48. The van der Waals surface area contributed by atoms with Crippen molar-refractivity contribution in [3.05, 3.63) is 24.0 Å². The Hall–Kier alpha value is -4.04. The molecule has 1 aromatic rings. The zero-order valence-electron chi connectivity index (χ0n) is 23.2. The molecule has 14 nitrogen and oxygen atoms in total. The maximum atomic E-state index is 13.4. The van der Waals surface area contributed by atoms with Crippen LogP contribution in [-0.2, 0) is 31.0 Å². The largest absolute Gasteiger partial charge is 0.490 e. The molecule has 44 heavy (non-hydrogen) atoms. The molecule has 0 radical (unpaired) electrons. The second-order valence-electron chi connectivity index (χ2n) is 9.47. The summed E-state index contributed by atoms with van der Waals surface area (Å²) in [6, 6.07) is -0.584. The molecule has 0 bridgehead atoms. The minimum atomic E-state index is -5.08. The van der Waals surface area contributed by atoms with E-state index in [0.717, 1.165) is 0 Å². The summed E-state index contributed by atoms with van der Waals surface area (Å²) in [5.74, 6) is -9.25. The molecule has 2 rings (SSSR count). The van der Waals surface area contributed by atoms with E-state index in [9.17, 15) is 55.7 Å². The standard InChI is InChI=1S/C20H30N4O6.2C2HF3O2/c1-23-10-4-7-14(23)17(25)12-16(20(29)30)24(11-5-8-15(24)19(27)28)18(26)13(22)6-2-3-9-21;2*3-2(4,5)1(6)7/h4,7,10,13,15-16H,2-3,5-6,8-9,11-12,21-22H2,1H3,(H-,27,28,29,30);2*(H,6,7)/p+1/t13-,15-,16?,24?;;/m0../s1. The Morgan fingerprint density at radius 1 is 0.977 bits per heavy atom. The first kappa shape index (κ1) is 40.0. The van der Waals surface area contributed by atoms with Gasteiger partial charge >= 0.3 is 42.1 Å². The molecule has 0 spiro atoms. The van der Waals surface area contributed by atoms with Crippen molar-refractivity contribution < 1.29 is 80.0 Å². The first-order chi connectivity index (χ1) is 20.0. The first-order valence-electron chi connectivity index (χ1n) is 12.6. The number of carboxylic acids is 4. The van der Waals surface area contributed by atoms with Crippen molar-refractivity contribution in [1.82, 2.24) is 4.57 Å². The average Bonchev–Trinajstić information content (AvgIpc) is 3.53. The fourth-order valence-corrected chi connectivity index (χ4v) is 4.46. The Kier molecular flexibility index (Phi) is 15.2. The highest BCUT2D eigenvalue weighted by atomic mass is 19.4. The summed E-state index contributed by atoms with van der Waals surface area (Å²) in [5, 5.41) is 34.0. The number of carbonyl (C=O) groups is 6. The minimum absolute atomic E-state index is 0.0256. The van der Waals surface area contributed by atoms with Gasteiger partial charge in [-0.3, -0.25) is 4.79 Å². The number of nitrogens with two attached hydrogens (primary N) is 2. The van der Waals surface area contributed by atoms with Gasteiger partial charge in [0.2, 0.25) is 6.04 Å². The van der Waals surface area contributed by atoms with Crippen LogP contribution in [0, 0.1) is 0 Å². The van der Waals surface area contributed by atoms with Crippen LogP contribution >= 0.6 is 0 Å². The lowest BCUT2D eigenvalue weighted by molar-refractivity contribution is -0.874. The Labute approximate surface area is 245 Å². The van der Waals surface area contributed by atoms with Gasteiger partial charge in [-0.2, -0.15) is 26.3 Å². The molecule has 0 aliphatic carbocycles. The number of carbonyl (C=O) groups excluding carboxylic acids is 2. The minimum Gasteiger partial charge on any atom is -0.477 e. The molecule has 2 heterocycles. The number of ketones is 1. The van der Waals surface area contributed by atoms with Gasteiger partial charge in [-0.1, -0.05) is 0 Å². The monoisotopic (exact) mass is 651 g/mol. The van der Waals surface area contributed by atoms with E-state index in [-0.39, 0.29) is 19.4 Å². The van der Waals surface area contributed by atoms with Crippen molar-refractivity contribution in [2.45, 2.75) is 69.0 Å². The number of carboxylic acid groups (broad SMARTS) is 4. The molecule has 1 aromatic heterocycles. The number of aliphatic carboxylic acids is 4. The molecule has 20 heteroatoms. The second kappa shape index (κ2) is 16.7. The number of aryl methyl sites for hydroxylation is 1. The van der Waals surface area contributed by atoms with Crippen molar-refractivity contribution in [2.75, 3.05) is 13.1 Å². The number of Topliss-reactive ketones (excluding diaryl/α,β-unsaturated/α-hetero) is 1. The van der Waals surface area contributed by atoms with E-state index in [1.807, 2.05) is 0 Å². The van der Waals surface area contributed by atoms with Crippen molar-refractivity contribution in [2.24, 2.45) is 18.5 Å². The zero-order chi connectivity index (χ0) is 34.6. The first-order valence-corrected chi connectivity index (χ1v) is 12.6. The summed E-state index contributed by atoms with van der Waals surface area (Å²) in [4.78, 5) is 68.3. The molecule has 2 unspecified atom stereocenters. The number of alkyl halides is 6. The van der Waals surface area contributed by atoms with Gasteiger partial charge in [-0.05, 0) is 37.9 Å². The fourth-order valence-electron chi connectivity index (χ4n) is 4.46. The van der Waals surface area contributed by atoms with E-state index in [0.29, 0.717) is 31.5 Å². The van der Waals surface area contributed by atoms with Gasteiger partial charge in [0.15, 0.2) is 11.8 Å². The van der Waals surface area contributed by atoms with E-state index >= 15 is 0 Å². The summed E-state index contributed by atoms with van der Waals surface area (Å²) < 4.78 is 64.2. The Balaban J connectivity index is 0.00000109. The van der Waals surface area contributed by atoms with Gasteiger partial charge in [0.05, 0.1) is 18.7 Å². The van der Waals surface area contributed by atoms with Crippen LogP contribution in [0.1, 0.15) is 49.0 Å². The Morgan fingerprint density at radius 3 is 1.84 bits per heavy atom. The third kappa shape index (κ3) is 11.2. The van der Waals surface area contributed by atoms with E-state index in [1.54, 1.807) is 29.9 Å². The highest BCUT2D eigenvalue weighted by Crippen LogP contribution is 2.35. The topological polar surface area (TPSA) is 240 Å². The lowest BCUT2D eigenvalue weighted by atomic mass is 9.98. The Morgan fingerprint density at radius 2 is 1.48 bits per heavy atom. The quantitative estimate of drug-likeness (QED) is 0.0861. The SMILES string of the molecule is Cn1cccc1C(=O)CC(C(=O)O)[N+]1(C(=O)[C@@H](N)CCCCN)CCC[C@H]1C(=O)O.O=C(O)C(F)(F)F.O=C(O)C(F)(F)F. The highest BCUT2D eigenvalue weighted by Gasteiger charge is 2.60. The molecule has 0 saturated carbocycles. The molecule has 1 fully saturated rings. The van der Waals surface area contributed by atoms with Crippen LogP contribution in [0.25, 0.3) is 0 Å². The summed E-state index contributed by atoms with van der Waals surface area (Å²) in [6.07, 6.45) is -6.99.